The van der Waals surface area contributed by atoms with Crippen molar-refractivity contribution in [1.82, 2.24) is 0 Å². The van der Waals surface area contributed by atoms with Gasteiger partial charge in [0.15, 0.2) is 0 Å². The van der Waals surface area contributed by atoms with Crippen LogP contribution in [0.15, 0.2) is 0 Å². The molecule has 0 spiro atoms. The van der Waals surface area contributed by atoms with Crippen LogP contribution in [0.3, 0.4) is 0 Å². The maximum absolute atomic E-state index is 11.4. The van der Waals surface area contributed by atoms with Crippen LogP contribution in [0.1, 0.15) is 51.4 Å². The summed E-state index contributed by atoms with van der Waals surface area (Å²) in [5.74, 6) is 0.746. The minimum atomic E-state index is -0.775. The van der Waals surface area contributed by atoms with Crippen LogP contribution in [0.4, 0.5) is 0 Å². The summed E-state index contributed by atoms with van der Waals surface area (Å²) in [4.78, 5) is 22.9. The van der Waals surface area contributed by atoms with E-state index in [0.717, 1.165) is 38.5 Å². The highest BCUT2D eigenvalue weighted by atomic mass is 32.2. The molecule has 2 unspecified atom stereocenters. The predicted molar refractivity (Wildman–Crippen MR) is 96.7 cm³/mol. The topological polar surface area (TPSA) is 86.7 Å². The number of esters is 2. The Morgan fingerprint density at radius 3 is 1.38 bits per heavy atom. The highest BCUT2D eigenvalue weighted by molar-refractivity contribution is 7.84. The summed E-state index contributed by atoms with van der Waals surface area (Å²) in [5, 5.41) is 0. The minimum Gasteiger partial charge on any atom is -0.462 e. The van der Waals surface area contributed by atoms with Gasteiger partial charge in [-0.25, -0.2) is 0 Å². The molecule has 2 atom stereocenters. The maximum Gasteiger partial charge on any atom is 0.305 e. The van der Waals surface area contributed by atoms with Crippen LogP contribution in [0.5, 0.6) is 0 Å². The molecule has 0 fully saturated rings. The van der Waals surface area contributed by atoms with E-state index in [4.69, 9.17) is 9.47 Å². The van der Waals surface area contributed by atoms with Crippen LogP contribution >= 0.6 is 0 Å². The number of hydrogen-bond acceptors (Lipinski definition) is 6. The normalized spacial score (nSPS) is 13.2. The Morgan fingerprint density at radius 1 is 0.667 bits per heavy atom. The molecule has 0 radical (unpaired) electrons. The van der Waals surface area contributed by atoms with Gasteiger partial charge in [0.1, 0.15) is 13.2 Å². The van der Waals surface area contributed by atoms with Crippen LogP contribution in [0.2, 0.25) is 0 Å². The Kier molecular flexibility index (Phi) is 15.3. The Balaban J connectivity index is 3.40. The quantitative estimate of drug-likeness (QED) is 0.318. The summed E-state index contributed by atoms with van der Waals surface area (Å²) in [6, 6.07) is 0. The summed E-state index contributed by atoms with van der Waals surface area (Å²) in [5.41, 5.74) is 0. The highest BCUT2D eigenvalue weighted by Crippen LogP contribution is 2.03. The van der Waals surface area contributed by atoms with E-state index in [1.165, 1.54) is 0 Å². The number of rotatable bonds is 15. The van der Waals surface area contributed by atoms with Gasteiger partial charge in [0.25, 0.3) is 0 Å². The molecule has 0 amide bonds. The van der Waals surface area contributed by atoms with Crippen molar-refractivity contribution in [3.63, 3.8) is 0 Å². The van der Waals surface area contributed by atoms with Crippen LogP contribution in [0.25, 0.3) is 0 Å². The average molecular weight is 383 g/mol. The van der Waals surface area contributed by atoms with E-state index in [0.29, 0.717) is 24.3 Å². The van der Waals surface area contributed by atoms with E-state index in [1.54, 1.807) is 12.5 Å². The molecule has 0 aliphatic rings. The second kappa shape index (κ2) is 15.7. The molecule has 0 bridgehead atoms. The van der Waals surface area contributed by atoms with Crippen LogP contribution in [-0.2, 0) is 40.7 Å². The molecule has 0 N–H and O–H groups in total. The van der Waals surface area contributed by atoms with Gasteiger partial charge >= 0.3 is 11.9 Å². The predicted octanol–water partition coefficient (Wildman–Crippen LogP) is 1.95. The Morgan fingerprint density at radius 2 is 1.04 bits per heavy atom. The first-order valence-corrected chi connectivity index (χ1v) is 11.8. The minimum absolute atomic E-state index is 0.0817. The van der Waals surface area contributed by atoms with E-state index < -0.39 is 21.6 Å². The Labute approximate surface area is 150 Å². The van der Waals surface area contributed by atoms with Gasteiger partial charge in [-0.15, -0.1) is 0 Å². The van der Waals surface area contributed by atoms with E-state index in [1.807, 2.05) is 0 Å². The largest absolute Gasteiger partial charge is 0.462 e. The fraction of sp³-hybridized carbons (Fsp3) is 0.875. The Bertz CT molecular complexity index is 373. The van der Waals surface area contributed by atoms with Crippen molar-refractivity contribution in [3.8, 4) is 0 Å². The van der Waals surface area contributed by atoms with Crippen molar-refractivity contribution in [2.24, 2.45) is 0 Å². The lowest BCUT2D eigenvalue weighted by molar-refractivity contribution is -0.152. The number of unbranched alkanes of at least 4 members (excludes halogenated alkanes) is 4. The van der Waals surface area contributed by atoms with E-state index in [9.17, 15) is 18.0 Å². The Hall–Kier alpha value is -0.760. The van der Waals surface area contributed by atoms with Gasteiger partial charge in [-0.05, 0) is 25.7 Å². The number of carbonyl (C=O) groups is 2. The molecule has 6 nitrogen and oxygen atoms in total. The molecule has 0 aromatic rings. The zero-order chi connectivity index (χ0) is 18.2. The number of ether oxygens (including phenoxy) is 2. The van der Waals surface area contributed by atoms with Gasteiger partial charge in [-0.2, -0.15) is 0 Å². The van der Waals surface area contributed by atoms with Crippen molar-refractivity contribution < 1.29 is 27.5 Å². The lowest BCUT2D eigenvalue weighted by Crippen LogP contribution is -2.13. The molecule has 0 aliphatic heterocycles. The van der Waals surface area contributed by atoms with Gasteiger partial charge in [-0.1, -0.05) is 12.8 Å². The van der Waals surface area contributed by atoms with Crippen LogP contribution < -0.4 is 0 Å². The zero-order valence-electron chi connectivity index (χ0n) is 14.8. The lowest BCUT2D eigenvalue weighted by atomic mass is 10.2. The molecular weight excluding hydrogens is 352 g/mol. The van der Waals surface area contributed by atoms with Crippen LogP contribution in [-0.4, -0.2) is 57.6 Å². The van der Waals surface area contributed by atoms with E-state index >= 15 is 0 Å². The molecule has 142 valence electrons. The lowest BCUT2D eigenvalue weighted by Gasteiger charge is -2.06. The van der Waals surface area contributed by atoms with Crippen molar-refractivity contribution in [2.45, 2.75) is 51.4 Å². The third-order valence-electron chi connectivity index (χ3n) is 3.23. The van der Waals surface area contributed by atoms with Crippen molar-refractivity contribution in [2.75, 3.05) is 37.2 Å². The first-order chi connectivity index (χ1) is 11.4. The van der Waals surface area contributed by atoms with Crippen LogP contribution in [0, 0.1) is 0 Å². The monoisotopic (exact) mass is 382 g/mol. The third-order valence-corrected chi connectivity index (χ3v) is 4.96. The summed E-state index contributed by atoms with van der Waals surface area (Å²) in [6.07, 6.45) is 8.86. The first kappa shape index (κ1) is 23.2. The summed E-state index contributed by atoms with van der Waals surface area (Å²) >= 11 is 0. The smallest absolute Gasteiger partial charge is 0.305 e. The summed E-state index contributed by atoms with van der Waals surface area (Å²) < 4.78 is 31.7. The third kappa shape index (κ3) is 17.6. The van der Waals surface area contributed by atoms with Gasteiger partial charge < -0.3 is 9.47 Å². The number of carbonyl (C=O) groups excluding carboxylic acids is 2. The molecule has 0 rings (SSSR count). The SMILES string of the molecule is CS(=O)CCCCCC(=O)OCCOC(=O)CCCCCS(C)=O. The van der Waals surface area contributed by atoms with E-state index in [2.05, 4.69) is 0 Å². The summed E-state index contributed by atoms with van der Waals surface area (Å²) in [7, 11) is -1.55. The standard InChI is InChI=1S/C16H30O6S2/c1-23(19)13-7-3-5-9-15(17)21-11-12-22-16(18)10-6-4-8-14-24(2)20/h3-14H2,1-2H3. The fourth-order valence-corrected chi connectivity index (χ4v) is 3.18. The number of hydrogen-bond donors (Lipinski definition) is 0. The second-order valence-electron chi connectivity index (χ2n) is 5.62. The van der Waals surface area contributed by atoms with Gasteiger partial charge in [0.2, 0.25) is 0 Å². The molecule has 0 saturated heterocycles. The molecule has 0 aromatic heterocycles. The molecule has 0 aliphatic carbocycles. The van der Waals surface area contributed by atoms with E-state index in [-0.39, 0.29) is 25.2 Å². The van der Waals surface area contributed by atoms with Gasteiger partial charge in [0, 0.05) is 58.5 Å². The highest BCUT2D eigenvalue weighted by Gasteiger charge is 2.06. The maximum atomic E-state index is 11.4. The van der Waals surface area contributed by atoms with Crippen molar-refractivity contribution in [1.29, 1.82) is 0 Å². The average Bonchev–Trinajstić information content (AvgIpc) is 2.50. The zero-order valence-corrected chi connectivity index (χ0v) is 16.4. The first-order valence-electron chi connectivity index (χ1n) is 8.33. The van der Waals surface area contributed by atoms with Gasteiger partial charge in [-0.3, -0.25) is 18.0 Å². The fourth-order valence-electron chi connectivity index (χ4n) is 1.96. The van der Waals surface area contributed by atoms with Gasteiger partial charge in [0.05, 0.1) is 0 Å². The molecule has 0 heterocycles. The van der Waals surface area contributed by atoms with Crippen molar-refractivity contribution in [3.05, 3.63) is 0 Å². The molecular formula is C16H30O6S2. The molecule has 8 heteroatoms. The van der Waals surface area contributed by atoms with Crippen molar-refractivity contribution >= 4 is 33.5 Å². The molecule has 0 aromatic carbocycles. The molecule has 24 heavy (non-hydrogen) atoms. The molecule has 0 saturated carbocycles. The second-order valence-corrected chi connectivity index (χ2v) is 8.73. The summed E-state index contributed by atoms with van der Waals surface area (Å²) in [6.45, 7) is 0.163.